The van der Waals surface area contributed by atoms with Crippen LogP contribution in [0.25, 0.3) is 6.08 Å². The Morgan fingerprint density at radius 3 is 2.43 bits per heavy atom. The molecular formula is C30H38N2O5. The number of nitrogens with two attached hydrogens (primary N) is 2. The van der Waals surface area contributed by atoms with Crippen molar-refractivity contribution in [1.29, 1.82) is 0 Å². The van der Waals surface area contributed by atoms with Crippen LogP contribution in [0.2, 0.25) is 0 Å². The van der Waals surface area contributed by atoms with Crippen LogP contribution < -0.4 is 16.2 Å². The van der Waals surface area contributed by atoms with Gasteiger partial charge in [-0.1, -0.05) is 24.3 Å². The minimum atomic E-state index is -0.444. The molecule has 198 valence electrons. The molecular weight excluding hydrogens is 468 g/mol. The number of anilines is 2. The normalized spacial score (nSPS) is 17.4. The summed E-state index contributed by atoms with van der Waals surface area (Å²) >= 11 is 0. The molecule has 3 rings (SSSR count). The number of hydrogen-bond acceptors (Lipinski definition) is 7. The summed E-state index contributed by atoms with van der Waals surface area (Å²) in [5.74, 6) is -0.246. The Hall–Kier alpha value is -3.58. The van der Waals surface area contributed by atoms with Crippen LogP contribution in [0.1, 0.15) is 56.1 Å². The molecule has 0 heterocycles. The summed E-state index contributed by atoms with van der Waals surface area (Å²) in [5, 5.41) is 0. The number of ether oxygens (including phenoxy) is 3. The SMILES string of the molecule is C=CCCCCOC1CCC(C(=O)Oc2ccc(C=CC(=O)OCCc3ccc(N)cc3N)cc2)CC1. The third kappa shape index (κ3) is 9.77. The van der Waals surface area contributed by atoms with Crippen LogP contribution in [-0.4, -0.2) is 31.3 Å². The predicted octanol–water partition coefficient (Wildman–Crippen LogP) is 5.49. The Morgan fingerprint density at radius 1 is 0.973 bits per heavy atom. The average molecular weight is 507 g/mol. The highest BCUT2D eigenvalue weighted by atomic mass is 16.5. The van der Waals surface area contributed by atoms with E-state index < -0.39 is 5.97 Å². The van der Waals surface area contributed by atoms with E-state index in [1.807, 2.05) is 12.1 Å². The Bertz CT molecular complexity index is 1060. The number of hydrogen-bond donors (Lipinski definition) is 2. The van der Waals surface area contributed by atoms with Gasteiger partial charge in [-0.2, -0.15) is 0 Å². The quantitative estimate of drug-likeness (QED) is 0.0922. The second-order valence-electron chi connectivity index (χ2n) is 9.33. The zero-order valence-electron chi connectivity index (χ0n) is 21.4. The fourth-order valence-corrected chi connectivity index (χ4v) is 4.27. The second kappa shape index (κ2) is 14.9. The average Bonchev–Trinajstić information content (AvgIpc) is 2.90. The monoisotopic (exact) mass is 506 g/mol. The van der Waals surface area contributed by atoms with Gasteiger partial charge in [0, 0.05) is 30.5 Å². The highest BCUT2D eigenvalue weighted by molar-refractivity contribution is 5.87. The summed E-state index contributed by atoms with van der Waals surface area (Å²) < 4.78 is 16.8. The Morgan fingerprint density at radius 2 is 1.73 bits per heavy atom. The molecule has 1 aliphatic carbocycles. The molecule has 0 radical (unpaired) electrons. The van der Waals surface area contributed by atoms with Crippen LogP contribution in [0.4, 0.5) is 11.4 Å². The molecule has 0 atom stereocenters. The lowest BCUT2D eigenvalue weighted by Crippen LogP contribution is -2.29. The molecule has 0 amide bonds. The van der Waals surface area contributed by atoms with E-state index in [1.165, 1.54) is 6.08 Å². The molecule has 1 fully saturated rings. The summed E-state index contributed by atoms with van der Waals surface area (Å²) in [6, 6.07) is 12.3. The first-order valence-corrected chi connectivity index (χ1v) is 13.0. The van der Waals surface area contributed by atoms with E-state index in [0.717, 1.165) is 62.7 Å². The van der Waals surface area contributed by atoms with Gasteiger partial charge in [-0.25, -0.2) is 4.79 Å². The molecule has 0 bridgehead atoms. The smallest absolute Gasteiger partial charge is 0.330 e. The van der Waals surface area contributed by atoms with Crippen LogP contribution in [0.3, 0.4) is 0 Å². The number of unbranched alkanes of at least 4 members (excludes halogenated alkanes) is 2. The lowest BCUT2D eigenvalue weighted by atomic mass is 9.87. The van der Waals surface area contributed by atoms with E-state index in [0.29, 0.717) is 23.5 Å². The molecule has 7 nitrogen and oxygen atoms in total. The number of rotatable bonds is 13. The number of carbonyl (C=O) groups excluding carboxylic acids is 2. The van der Waals surface area contributed by atoms with Crippen LogP contribution in [0.5, 0.6) is 5.75 Å². The van der Waals surface area contributed by atoms with Crippen molar-refractivity contribution in [3.63, 3.8) is 0 Å². The first-order chi connectivity index (χ1) is 17.9. The van der Waals surface area contributed by atoms with E-state index in [1.54, 1.807) is 42.5 Å². The van der Waals surface area contributed by atoms with Gasteiger partial charge in [-0.3, -0.25) is 4.79 Å². The number of carbonyl (C=O) groups is 2. The Labute approximate surface area is 219 Å². The highest BCUT2D eigenvalue weighted by Gasteiger charge is 2.28. The molecule has 37 heavy (non-hydrogen) atoms. The van der Waals surface area contributed by atoms with E-state index in [9.17, 15) is 9.59 Å². The standard InChI is InChI=1S/C30H38N2O5/c1-2-3-4-5-19-35-26-15-10-24(11-16-26)30(34)37-27-13-6-22(7-14-27)8-17-29(33)36-20-18-23-9-12-25(31)21-28(23)32/h2,6-9,12-14,17,21,24,26H,1,3-5,10-11,15-16,18-20,31-32H2. The lowest BCUT2D eigenvalue weighted by molar-refractivity contribution is -0.141. The summed E-state index contributed by atoms with van der Waals surface area (Å²) in [6.45, 7) is 4.72. The number of nitrogen functional groups attached to an aromatic ring is 2. The molecule has 2 aromatic carbocycles. The van der Waals surface area contributed by atoms with Gasteiger partial charge >= 0.3 is 11.9 Å². The van der Waals surface area contributed by atoms with Crippen molar-refractivity contribution in [3.05, 3.63) is 72.3 Å². The van der Waals surface area contributed by atoms with Gasteiger partial charge in [0.2, 0.25) is 0 Å². The second-order valence-corrected chi connectivity index (χ2v) is 9.33. The van der Waals surface area contributed by atoms with E-state index >= 15 is 0 Å². The Kier molecular flexibility index (Phi) is 11.2. The maximum atomic E-state index is 12.6. The first kappa shape index (κ1) is 28.0. The maximum Gasteiger partial charge on any atom is 0.330 e. The lowest BCUT2D eigenvalue weighted by Gasteiger charge is -2.27. The summed E-state index contributed by atoms with van der Waals surface area (Å²) in [5.41, 5.74) is 14.5. The van der Waals surface area contributed by atoms with E-state index in [2.05, 4.69) is 6.58 Å². The van der Waals surface area contributed by atoms with Gasteiger partial charge < -0.3 is 25.7 Å². The van der Waals surface area contributed by atoms with Crippen molar-refractivity contribution < 1.29 is 23.8 Å². The minimum absolute atomic E-state index is 0.0986. The van der Waals surface area contributed by atoms with Crippen LogP contribution >= 0.6 is 0 Å². The molecule has 0 aromatic heterocycles. The number of allylic oxidation sites excluding steroid dienone is 1. The van der Waals surface area contributed by atoms with Gasteiger partial charge in [0.1, 0.15) is 5.75 Å². The first-order valence-electron chi connectivity index (χ1n) is 13.0. The molecule has 1 saturated carbocycles. The van der Waals surface area contributed by atoms with Crippen LogP contribution in [0, 0.1) is 5.92 Å². The molecule has 0 unspecified atom stereocenters. The van der Waals surface area contributed by atoms with Gasteiger partial charge in [-0.15, -0.1) is 6.58 Å². The third-order valence-corrected chi connectivity index (χ3v) is 6.46. The van der Waals surface area contributed by atoms with Crippen molar-refractivity contribution in [3.8, 4) is 5.75 Å². The number of esters is 2. The molecule has 2 aromatic rings. The van der Waals surface area contributed by atoms with Gasteiger partial charge in [-0.05, 0) is 86.4 Å². The largest absolute Gasteiger partial charge is 0.462 e. The fourth-order valence-electron chi connectivity index (χ4n) is 4.27. The molecule has 0 aliphatic heterocycles. The minimum Gasteiger partial charge on any atom is -0.462 e. The molecule has 7 heteroatoms. The van der Waals surface area contributed by atoms with Crippen molar-refractivity contribution >= 4 is 29.4 Å². The Balaban J connectivity index is 1.35. The van der Waals surface area contributed by atoms with E-state index in [-0.39, 0.29) is 24.6 Å². The zero-order valence-corrected chi connectivity index (χ0v) is 21.4. The number of benzene rings is 2. The summed E-state index contributed by atoms with van der Waals surface area (Å²) in [4.78, 5) is 24.6. The third-order valence-electron chi connectivity index (χ3n) is 6.46. The van der Waals surface area contributed by atoms with Crippen LogP contribution in [-0.2, 0) is 25.5 Å². The van der Waals surface area contributed by atoms with Crippen molar-refractivity contribution in [1.82, 2.24) is 0 Å². The van der Waals surface area contributed by atoms with Gasteiger partial charge in [0.25, 0.3) is 0 Å². The predicted molar refractivity (Wildman–Crippen MR) is 147 cm³/mol. The fraction of sp³-hybridized carbons (Fsp3) is 0.400. The molecule has 4 N–H and O–H groups in total. The van der Waals surface area contributed by atoms with E-state index in [4.69, 9.17) is 25.7 Å². The van der Waals surface area contributed by atoms with Crippen LogP contribution in [0.15, 0.2) is 61.2 Å². The molecule has 0 saturated heterocycles. The molecule has 0 spiro atoms. The topological polar surface area (TPSA) is 114 Å². The maximum absolute atomic E-state index is 12.6. The zero-order chi connectivity index (χ0) is 26.5. The summed E-state index contributed by atoms with van der Waals surface area (Å²) in [6.07, 6.45) is 12.2. The van der Waals surface area contributed by atoms with Crippen molar-refractivity contribution in [2.45, 2.75) is 57.5 Å². The van der Waals surface area contributed by atoms with Gasteiger partial charge in [0.15, 0.2) is 0 Å². The van der Waals surface area contributed by atoms with Crippen molar-refractivity contribution in [2.24, 2.45) is 5.92 Å². The summed E-state index contributed by atoms with van der Waals surface area (Å²) in [7, 11) is 0. The molecule has 1 aliphatic rings. The van der Waals surface area contributed by atoms with Gasteiger partial charge in [0.05, 0.1) is 18.6 Å². The highest BCUT2D eigenvalue weighted by Crippen LogP contribution is 2.28. The van der Waals surface area contributed by atoms with Crippen molar-refractivity contribution in [2.75, 3.05) is 24.7 Å².